The molecule has 0 bridgehead atoms. The van der Waals surface area contributed by atoms with Gasteiger partial charge < -0.3 is 9.73 Å². The molecule has 4 nitrogen and oxygen atoms in total. The standard InChI is InChI=1S/C16H8Cl3NO3/c17-9-4-5-13-8(6-9)7-10(16(22)23-13)15(21)20-12-3-1-2-11(18)14(12)19/h1-7H,(H,20,21). The Balaban J connectivity index is 2.02. The summed E-state index contributed by atoms with van der Waals surface area (Å²) >= 11 is 17.8. The minimum absolute atomic E-state index is 0.157. The second-order valence-electron chi connectivity index (χ2n) is 4.69. The highest BCUT2D eigenvalue weighted by molar-refractivity contribution is 6.44. The second kappa shape index (κ2) is 6.24. The molecule has 7 heteroatoms. The van der Waals surface area contributed by atoms with Crippen LogP contribution in [-0.4, -0.2) is 5.91 Å². The maximum Gasteiger partial charge on any atom is 0.349 e. The third-order valence-electron chi connectivity index (χ3n) is 3.14. The van der Waals surface area contributed by atoms with Crippen molar-refractivity contribution in [3.8, 4) is 0 Å². The minimum atomic E-state index is -0.754. The smallest absolute Gasteiger partial charge is 0.349 e. The summed E-state index contributed by atoms with van der Waals surface area (Å²) in [7, 11) is 0. The molecule has 3 aromatic rings. The molecule has 23 heavy (non-hydrogen) atoms. The Morgan fingerprint density at radius 1 is 1.04 bits per heavy atom. The van der Waals surface area contributed by atoms with Crippen molar-refractivity contribution in [3.05, 3.63) is 73.5 Å². The Morgan fingerprint density at radius 3 is 2.61 bits per heavy atom. The molecule has 0 spiro atoms. The van der Waals surface area contributed by atoms with Gasteiger partial charge in [-0.15, -0.1) is 0 Å². The molecule has 3 rings (SSSR count). The number of carbonyl (C=O) groups excluding carboxylic acids is 1. The summed E-state index contributed by atoms with van der Waals surface area (Å²) in [5.41, 5.74) is -0.266. The number of rotatable bonds is 2. The third kappa shape index (κ3) is 3.20. The Bertz CT molecular complexity index is 982. The van der Waals surface area contributed by atoms with Crippen molar-refractivity contribution in [2.75, 3.05) is 5.32 Å². The van der Waals surface area contributed by atoms with E-state index in [1.54, 1.807) is 36.4 Å². The maximum absolute atomic E-state index is 12.3. The van der Waals surface area contributed by atoms with Crippen LogP contribution in [0.2, 0.25) is 15.1 Å². The highest BCUT2D eigenvalue weighted by Gasteiger charge is 2.16. The van der Waals surface area contributed by atoms with Gasteiger partial charge >= 0.3 is 5.63 Å². The zero-order valence-corrected chi connectivity index (χ0v) is 13.7. The fourth-order valence-electron chi connectivity index (χ4n) is 2.04. The van der Waals surface area contributed by atoms with Crippen LogP contribution in [0.5, 0.6) is 0 Å². The Hall–Kier alpha value is -2.01. The molecule has 1 amide bonds. The molecule has 0 fully saturated rings. The molecule has 0 radical (unpaired) electrons. The summed E-state index contributed by atoms with van der Waals surface area (Å²) in [6, 6.07) is 11.0. The molecule has 116 valence electrons. The highest BCUT2D eigenvalue weighted by Crippen LogP contribution is 2.29. The van der Waals surface area contributed by atoms with Gasteiger partial charge in [0.2, 0.25) is 0 Å². The summed E-state index contributed by atoms with van der Waals surface area (Å²) in [4.78, 5) is 24.3. The van der Waals surface area contributed by atoms with Crippen LogP contribution in [0.25, 0.3) is 11.0 Å². The van der Waals surface area contributed by atoms with Crippen molar-refractivity contribution in [2.45, 2.75) is 0 Å². The third-order valence-corrected chi connectivity index (χ3v) is 4.19. The average Bonchev–Trinajstić information content (AvgIpc) is 2.51. The number of halogens is 3. The van der Waals surface area contributed by atoms with Crippen LogP contribution in [0.1, 0.15) is 10.4 Å². The monoisotopic (exact) mass is 367 g/mol. The van der Waals surface area contributed by atoms with Crippen LogP contribution in [0.3, 0.4) is 0 Å². The van der Waals surface area contributed by atoms with Gasteiger partial charge in [-0.2, -0.15) is 0 Å². The van der Waals surface area contributed by atoms with Gasteiger partial charge in [0.1, 0.15) is 11.1 Å². The lowest BCUT2D eigenvalue weighted by Gasteiger charge is -2.08. The normalized spacial score (nSPS) is 10.7. The quantitative estimate of drug-likeness (QED) is 0.647. The topological polar surface area (TPSA) is 59.3 Å². The summed E-state index contributed by atoms with van der Waals surface area (Å²) < 4.78 is 5.13. The van der Waals surface area contributed by atoms with Gasteiger partial charge in [0, 0.05) is 10.4 Å². The SMILES string of the molecule is O=C(Nc1cccc(Cl)c1Cl)c1cc2cc(Cl)ccc2oc1=O. The van der Waals surface area contributed by atoms with Crippen LogP contribution in [0.4, 0.5) is 5.69 Å². The van der Waals surface area contributed by atoms with Crippen LogP contribution >= 0.6 is 34.8 Å². The Morgan fingerprint density at radius 2 is 1.83 bits per heavy atom. The predicted octanol–water partition coefficient (Wildman–Crippen LogP) is 5.01. The van der Waals surface area contributed by atoms with Gasteiger partial charge in [-0.1, -0.05) is 40.9 Å². The molecule has 1 aromatic heterocycles. The molecule has 0 aliphatic carbocycles. The summed E-state index contributed by atoms with van der Waals surface area (Å²) in [6.45, 7) is 0. The van der Waals surface area contributed by atoms with E-state index in [4.69, 9.17) is 39.2 Å². The number of anilines is 1. The van der Waals surface area contributed by atoms with Crippen molar-refractivity contribution in [1.82, 2.24) is 0 Å². The van der Waals surface area contributed by atoms with E-state index < -0.39 is 11.5 Å². The molecular formula is C16H8Cl3NO3. The van der Waals surface area contributed by atoms with E-state index in [9.17, 15) is 9.59 Å². The highest BCUT2D eigenvalue weighted by atomic mass is 35.5. The fraction of sp³-hybridized carbons (Fsp3) is 0. The molecule has 0 unspecified atom stereocenters. The van der Waals surface area contributed by atoms with E-state index in [-0.39, 0.29) is 10.6 Å². The average molecular weight is 369 g/mol. The van der Waals surface area contributed by atoms with Gasteiger partial charge in [0.25, 0.3) is 5.91 Å². The first-order valence-electron chi connectivity index (χ1n) is 6.44. The van der Waals surface area contributed by atoms with E-state index in [2.05, 4.69) is 5.32 Å². The lowest BCUT2D eigenvalue weighted by Crippen LogP contribution is -2.20. The number of nitrogens with one attached hydrogen (secondary N) is 1. The zero-order valence-electron chi connectivity index (χ0n) is 11.4. The molecule has 0 saturated heterocycles. The van der Waals surface area contributed by atoms with E-state index >= 15 is 0 Å². The van der Waals surface area contributed by atoms with Crippen LogP contribution in [0, 0.1) is 0 Å². The van der Waals surface area contributed by atoms with Crippen molar-refractivity contribution < 1.29 is 9.21 Å². The minimum Gasteiger partial charge on any atom is -0.422 e. The van der Waals surface area contributed by atoms with Crippen molar-refractivity contribution in [1.29, 1.82) is 0 Å². The lowest BCUT2D eigenvalue weighted by atomic mass is 10.1. The largest absolute Gasteiger partial charge is 0.422 e. The lowest BCUT2D eigenvalue weighted by molar-refractivity contribution is 0.102. The van der Waals surface area contributed by atoms with Crippen molar-refractivity contribution in [2.24, 2.45) is 0 Å². The molecule has 2 aromatic carbocycles. The maximum atomic E-state index is 12.3. The molecule has 0 aliphatic rings. The summed E-state index contributed by atoms with van der Waals surface area (Å²) in [5, 5.41) is 4.03. The molecule has 0 aliphatic heterocycles. The van der Waals surface area contributed by atoms with Crippen LogP contribution in [0.15, 0.2) is 51.7 Å². The van der Waals surface area contributed by atoms with Gasteiger partial charge in [-0.3, -0.25) is 4.79 Å². The van der Waals surface area contributed by atoms with E-state index in [0.717, 1.165) is 0 Å². The zero-order chi connectivity index (χ0) is 16.6. The summed E-state index contributed by atoms with van der Waals surface area (Å²) in [6.07, 6.45) is 0. The van der Waals surface area contributed by atoms with E-state index in [1.165, 1.54) is 6.07 Å². The van der Waals surface area contributed by atoms with Gasteiger partial charge in [-0.25, -0.2) is 4.79 Å². The van der Waals surface area contributed by atoms with Crippen molar-refractivity contribution in [3.63, 3.8) is 0 Å². The summed E-state index contributed by atoms with van der Waals surface area (Å²) in [5.74, 6) is -0.648. The molecule has 0 saturated carbocycles. The first-order chi connectivity index (χ1) is 11.0. The number of hydrogen-bond acceptors (Lipinski definition) is 3. The molecule has 0 atom stereocenters. The second-order valence-corrected chi connectivity index (χ2v) is 5.91. The van der Waals surface area contributed by atoms with Gasteiger partial charge in [0.15, 0.2) is 0 Å². The molecular weight excluding hydrogens is 361 g/mol. The first-order valence-corrected chi connectivity index (χ1v) is 7.58. The Kier molecular flexibility index (Phi) is 4.31. The molecule has 1 heterocycles. The van der Waals surface area contributed by atoms with Crippen LogP contribution < -0.4 is 10.9 Å². The fourth-order valence-corrected chi connectivity index (χ4v) is 2.57. The number of fused-ring (bicyclic) bond motifs is 1. The van der Waals surface area contributed by atoms with Crippen LogP contribution in [-0.2, 0) is 0 Å². The van der Waals surface area contributed by atoms with Gasteiger partial charge in [0.05, 0.1) is 15.7 Å². The van der Waals surface area contributed by atoms with Crippen molar-refractivity contribution >= 4 is 57.4 Å². The number of benzene rings is 2. The Labute approximate surface area is 145 Å². The van der Waals surface area contributed by atoms with E-state index in [1.807, 2.05) is 0 Å². The number of carbonyl (C=O) groups is 1. The number of amides is 1. The number of hydrogen-bond donors (Lipinski definition) is 1. The van der Waals surface area contributed by atoms with E-state index in [0.29, 0.717) is 26.7 Å². The van der Waals surface area contributed by atoms with Gasteiger partial charge in [-0.05, 0) is 36.4 Å². The predicted molar refractivity (Wildman–Crippen MR) is 91.9 cm³/mol. The first kappa shape index (κ1) is 15.9. The molecule has 1 N–H and O–H groups in total.